The predicted molar refractivity (Wildman–Crippen MR) is 419 cm³/mol. The number of para-hydroxylation sites is 3. The predicted octanol–water partition coefficient (Wildman–Crippen LogP) is 23.5. The van der Waals surface area contributed by atoms with Crippen molar-refractivity contribution in [1.82, 2.24) is 9.13 Å². The van der Waals surface area contributed by atoms with E-state index in [0.29, 0.717) is 10.6 Å². The topological polar surface area (TPSA) is 16.3 Å². The van der Waals surface area contributed by atoms with E-state index < -0.39 is 24.8 Å². The van der Waals surface area contributed by atoms with Gasteiger partial charge in [-0.05, 0) is 163 Å². The molecule has 0 atom stereocenters. The van der Waals surface area contributed by atoms with Gasteiger partial charge in [0.1, 0.15) is 0 Å². The van der Waals surface area contributed by atoms with E-state index in [-0.39, 0.29) is 28.5 Å². The molecule has 0 unspecified atom stereocenters. The Kier molecular flexibility index (Phi) is 12.6. The maximum Gasteiger partial charge on any atom is 0.252 e. The Balaban J connectivity index is 0.983. The second-order valence-corrected chi connectivity index (χ2v) is 28.6. The lowest BCUT2D eigenvalue weighted by Crippen LogP contribution is -2.61. The molecule has 0 N–H and O–H groups in total. The van der Waals surface area contributed by atoms with Gasteiger partial charge in [0.25, 0.3) is 6.71 Å². The van der Waals surface area contributed by atoms with E-state index >= 15 is 0 Å². The van der Waals surface area contributed by atoms with Crippen LogP contribution in [0.4, 0.5) is 34.1 Å². The second kappa shape index (κ2) is 22.9. The average Bonchev–Trinajstić information content (AvgIpc) is 1.32. The summed E-state index contributed by atoms with van der Waals surface area (Å²) < 4.78 is 50.7. The fourth-order valence-corrected chi connectivity index (χ4v) is 15.9. The summed E-state index contributed by atoms with van der Waals surface area (Å²) in [6, 6.07) is 101. The molecule has 0 saturated carbocycles. The number of rotatable bonds is 9. The number of benzene rings is 14. The zero-order chi connectivity index (χ0) is 70.5. The number of hydrogen-bond donors (Lipinski definition) is 0. The van der Waals surface area contributed by atoms with Gasteiger partial charge in [-0.25, -0.2) is 0 Å². The highest BCUT2D eigenvalue weighted by molar-refractivity contribution is 7.00. The Hall–Kier alpha value is -11.4. The van der Waals surface area contributed by atoms with Crippen LogP contribution < -0.4 is 26.2 Å². The average molecular weight is 1280 g/mol. The molecule has 6 heteroatoms. The molecule has 468 valence electrons. The number of anilines is 6. The first kappa shape index (κ1) is 53.8. The van der Waals surface area contributed by atoms with Crippen LogP contribution in [0.1, 0.15) is 59.5 Å². The molecule has 0 fully saturated rings. The molecule has 0 saturated heterocycles. The third-order valence-corrected chi connectivity index (χ3v) is 20.5. The highest BCUT2D eigenvalue weighted by Gasteiger charge is 2.46. The SMILES string of the molecule is [2H]c1c([2H])c([2H])c(-c2ccc3c(c2)N(c2c(-c4ccccc4)cc(C(C)(C)C)cc2-c2ccccc2)c2cc(Cl)cc4c2B3c2ccc(-n3c5ccccc5c5cc(-n6c7ccccc7c7ccccc76)ccc53)cc2N4c2c(-c3ccccc3)cc(C(C)(C)C)cc2-c2ccccc2)c([2H])c1[2H]. The van der Waals surface area contributed by atoms with E-state index in [1.165, 1.54) is 16.3 Å². The van der Waals surface area contributed by atoms with Gasteiger partial charge in [0, 0.05) is 82.9 Å². The summed E-state index contributed by atoms with van der Waals surface area (Å²) in [6.07, 6.45) is 0. The van der Waals surface area contributed by atoms with Gasteiger partial charge in [-0.3, -0.25) is 0 Å². The van der Waals surface area contributed by atoms with Crippen LogP contribution >= 0.6 is 11.6 Å². The molecule has 18 rings (SSSR count). The summed E-state index contributed by atoms with van der Waals surface area (Å²) in [4.78, 5) is 4.91. The normalized spacial score (nSPS) is 13.5. The van der Waals surface area contributed by atoms with Crippen LogP contribution in [-0.2, 0) is 10.8 Å². The van der Waals surface area contributed by atoms with E-state index in [1.54, 1.807) is 0 Å². The molecule has 14 aromatic carbocycles. The van der Waals surface area contributed by atoms with Crippen molar-refractivity contribution < 1.29 is 6.85 Å². The zero-order valence-electron chi connectivity index (χ0n) is 60.4. The van der Waals surface area contributed by atoms with Crippen molar-refractivity contribution in [3.8, 4) is 67.0 Å². The summed E-state index contributed by atoms with van der Waals surface area (Å²) in [5, 5.41) is 5.18. The highest BCUT2D eigenvalue weighted by Crippen LogP contribution is 2.55. The van der Waals surface area contributed by atoms with Crippen LogP contribution in [0.2, 0.25) is 5.02 Å². The maximum atomic E-state index is 9.54. The third-order valence-electron chi connectivity index (χ3n) is 20.3. The van der Waals surface area contributed by atoms with Crippen molar-refractivity contribution in [2.75, 3.05) is 9.80 Å². The van der Waals surface area contributed by atoms with Gasteiger partial charge in [-0.15, -0.1) is 0 Å². The van der Waals surface area contributed by atoms with Crippen LogP contribution in [0.5, 0.6) is 0 Å². The Labute approximate surface area is 585 Å². The molecule has 4 heterocycles. The Morgan fingerprint density at radius 3 is 1.12 bits per heavy atom. The molecule has 0 bridgehead atoms. The summed E-state index contributed by atoms with van der Waals surface area (Å²) in [5.41, 5.74) is 25.4. The molecule has 0 radical (unpaired) electrons. The molecule has 16 aromatic rings. The van der Waals surface area contributed by atoms with E-state index in [0.717, 1.165) is 145 Å². The molecule has 2 aliphatic heterocycles. The first-order chi connectivity index (χ1) is 49.9. The van der Waals surface area contributed by atoms with Gasteiger partial charge in [0.2, 0.25) is 0 Å². The molecule has 0 aliphatic carbocycles. The van der Waals surface area contributed by atoms with Crippen LogP contribution in [0.3, 0.4) is 0 Å². The van der Waals surface area contributed by atoms with Crippen molar-refractivity contribution in [1.29, 1.82) is 0 Å². The van der Waals surface area contributed by atoms with E-state index in [4.69, 9.17) is 15.7 Å². The number of aromatic nitrogens is 2. The lowest BCUT2D eigenvalue weighted by Gasteiger charge is -2.46. The number of hydrogen-bond acceptors (Lipinski definition) is 2. The summed E-state index contributed by atoms with van der Waals surface area (Å²) >= 11 is 8.10. The van der Waals surface area contributed by atoms with Crippen LogP contribution in [0.15, 0.2) is 315 Å². The minimum absolute atomic E-state index is 0.120. The molecular formula is C92H70BClN4. The molecule has 0 spiro atoms. The van der Waals surface area contributed by atoms with Crippen molar-refractivity contribution >= 4 is 112 Å². The fourth-order valence-electron chi connectivity index (χ4n) is 15.7. The van der Waals surface area contributed by atoms with Gasteiger partial charge < -0.3 is 18.9 Å². The van der Waals surface area contributed by atoms with Gasteiger partial charge >= 0.3 is 0 Å². The Morgan fingerprint density at radius 1 is 0.316 bits per heavy atom. The number of halogens is 1. The molecule has 98 heavy (non-hydrogen) atoms. The largest absolute Gasteiger partial charge is 0.310 e. The second-order valence-electron chi connectivity index (χ2n) is 28.2. The molecule has 2 aliphatic rings. The number of nitrogens with zero attached hydrogens (tertiary/aromatic N) is 4. The number of fused-ring (bicyclic) bond motifs is 10. The first-order valence-electron chi connectivity index (χ1n) is 36.3. The van der Waals surface area contributed by atoms with Crippen molar-refractivity contribution in [2.24, 2.45) is 0 Å². The fraction of sp³-hybridized carbons (Fsp3) is 0.0870. The summed E-state index contributed by atoms with van der Waals surface area (Å²) in [6.45, 7) is 13.2. The van der Waals surface area contributed by atoms with Crippen molar-refractivity contribution in [3.63, 3.8) is 0 Å². The van der Waals surface area contributed by atoms with Crippen LogP contribution in [-0.4, -0.2) is 15.8 Å². The quantitative estimate of drug-likeness (QED) is 0.134. The van der Waals surface area contributed by atoms with Gasteiger partial charge in [-0.1, -0.05) is 277 Å². The smallest absolute Gasteiger partial charge is 0.252 e. The van der Waals surface area contributed by atoms with Crippen LogP contribution in [0, 0.1) is 0 Å². The minimum atomic E-state index is -0.460. The van der Waals surface area contributed by atoms with Gasteiger partial charge in [-0.2, -0.15) is 0 Å². The van der Waals surface area contributed by atoms with Crippen molar-refractivity contribution in [3.05, 3.63) is 331 Å². The van der Waals surface area contributed by atoms with Crippen LogP contribution in [0.25, 0.3) is 111 Å². The monoisotopic (exact) mass is 1280 g/mol. The highest BCUT2D eigenvalue weighted by atomic mass is 35.5. The molecule has 4 nitrogen and oxygen atoms in total. The van der Waals surface area contributed by atoms with Gasteiger partial charge in [0.05, 0.1) is 40.3 Å². The first-order valence-corrected chi connectivity index (χ1v) is 34.2. The Bertz CT molecular complexity index is 5970. The Morgan fingerprint density at radius 2 is 0.684 bits per heavy atom. The molecular weight excluding hydrogens is 1210 g/mol. The third kappa shape index (κ3) is 9.58. The lowest BCUT2D eigenvalue weighted by atomic mass is 9.33. The molecule has 2 aromatic heterocycles. The standard InChI is InChI=1S/C92H70BClN4/c1-91(2,3)65-51-73(60-30-14-8-15-31-60)89(74(52-65)61-32-16-9-17-33-61)97-84-50-64(59-28-12-7-13-29-59)44-47-78(84)93-79-48-45-69(96-82-43-27-24-40-72(82)77-57-68(46-49-83(77)96)95-80-41-25-22-38-70(80)71-39-23-26-42-81(71)95)58-85(79)98(87-56-67(94)55-86(97)88(87)93)90-75(62-34-18-10-19-35-62)53-66(92(4,5)6)54-76(90)63-36-20-11-21-37-63/h7-58H,1-6H3/i7D,12D,13D,28D,29D. The van der Waals surface area contributed by atoms with Gasteiger partial charge in [0.15, 0.2) is 0 Å². The van der Waals surface area contributed by atoms with E-state index in [9.17, 15) is 2.74 Å². The summed E-state index contributed by atoms with van der Waals surface area (Å²) in [7, 11) is 0. The molecule has 0 amide bonds. The maximum absolute atomic E-state index is 9.54. The van der Waals surface area contributed by atoms with E-state index in [1.807, 2.05) is 6.07 Å². The summed E-state index contributed by atoms with van der Waals surface area (Å²) in [5.74, 6) is 0. The zero-order valence-corrected chi connectivity index (χ0v) is 56.1. The van der Waals surface area contributed by atoms with E-state index in [2.05, 4.69) is 340 Å². The van der Waals surface area contributed by atoms with Crippen molar-refractivity contribution in [2.45, 2.75) is 52.4 Å². The lowest BCUT2D eigenvalue weighted by molar-refractivity contribution is 0.590. The minimum Gasteiger partial charge on any atom is -0.310 e.